The molecule has 1 rings (SSSR count). The van der Waals surface area contributed by atoms with Crippen LogP contribution in [0.5, 0.6) is 5.06 Å². The van der Waals surface area contributed by atoms with E-state index in [0.29, 0.717) is 16.2 Å². The normalized spacial score (nSPS) is 10.2. The molecule has 0 aliphatic carbocycles. The minimum Gasteiger partial charge on any atom is -0.478 e. The second kappa shape index (κ2) is 4.15. The van der Waals surface area contributed by atoms with Crippen LogP contribution in [0, 0.1) is 0 Å². The minimum absolute atomic E-state index is 0.345. The van der Waals surface area contributed by atoms with Crippen molar-refractivity contribution in [1.82, 2.24) is 0 Å². The Bertz CT molecular complexity index is 260. The first-order chi connectivity index (χ1) is 5.72. The zero-order chi connectivity index (χ0) is 8.97. The van der Waals surface area contributed by atoms with Crippen molar-refractivity contribution in [3.63, 3.8) is 0 Å². The number of carbonyl (C=O) groups is 1. The first-order valence-corrected chi connectivity index (χ1v) is 4.00. The van der Waals surface area contributed by atoms with Crippen LogP contribution in [-0.4, -0.2) is 19.3 Å². The minimum atomic E-state index is -2.48. The first kappa shape index (κ1) is 9.12. The Hall–Kier alpha value is -0.970. The first-order valence-electron chi connectivity index (χ1n) is 3.18. The molecule has 0 aliphatic heterocycles. The molecular formula is C7H6F2O2S. The van der Waals surface area contributed by atoms with E-state index in [4.69, 9.17) is 0 Å². The highest BCUT2D eigenvalue weighted by Gasteiger charge is 2.05. The van der Waals surface area contributed by atoms with Crippen LogP contribution >= 0.6 is 11.3 Å². The summed E-state index contributed by atoms with van der Waals surface area (Å²) < 4.78 is 27.9. The maximum absolute atomic E-state index is 11.6. The van der Waals surface area contributed by atoms with Crippen LogP contribution in [0.3, 0.4) is 0 Å². The summed E-state index contributed by atoms with van der Waals surface area (Å²) in [5, 5.41) is 0.345. The third-order valence-corrected chi connectivity index (χ3v) is 1.99. The topological polar surface area (TPSA) is 26.3 Å². The van der Waals surface area contributed by atoms with Crippen molar-refractivity contribution in [1.29, 1.82) is 0 Å². The van der Waals surface area contributed by atoms with Gasteiger partial charge in [-0.05, 0) is 12.1 Å². The van der Waals surface area contributed by atoms with Crippen LogP contribution < -0.4 is 4.74 Å². The van der Waals surface area contributed by atoms with Crippen molar-refractivity contribution in [2.24, 2.45) is 0 Å². The molecule has 0 spiro atoms. The van der Waals surface area contributed by atoms with Crippen LogP contribution in [0.1, 0.15) is 9.67 Å². The van der Waals surface area contributed by atoms with Crippen LogP contribution in [0.4, 0.5) is 8.78 Å². The molecule has 0 saturated heterocycles. The lowest BCUT2D eigenvalue weighted by atomic mass is 10.5. The van der Waals surface area contributed by atoms with E-state index in [1.165, 1.54) is 12.1 Å². The molecule has 0 amide bonds. The lowest BCUT2D eigenvalue weighted by Crippen LogP contribution is -2.05. The zero-order valence-corrected chi connectivity index (χ0v) is 6.81. The lowest BCUT2D eigenvalue weighted by molar-refractivity contribution is 0.0838. The zero-order valence-electron chi connectivity index (χ0n) is 6.00. The molecule has 66 valence electrons. The van der Waals surface area contributed by atoms with Crippen molar-refractivity contribution in [3.05, 3.63) is 17.0 Å². The van der Waals surface area contributed by atoms with Gasteiger partial charge in [-0.15, -0.1) is 0 Å². The second-order valence-electron chi connectivity index (χ2n) is 1.98. The van der Waals surface area contributed by atoms with E-state index < -0.39 is 13.0 Å². The Labute approximate surface area is 71.8 Å². The molecule has 0 aromatic carbocycles. The SMILES string of the molecule is O=Cc1ccc(OCC(F)F)s1. The van der Waals surface area contributed by atoms with Crippen LogP contribution in [0.2, 0.25) is 0 Å². The Morgan fingerprint density at radius 3 is 2.83 bits per heavy atom. The van der Waals surface area contributed by atoms with Gasteiger partial charge in [-0.25, -0.2) is 8.78 Å². The number of rotatable bonds is 4. The number of hydrogen-bond donors (Lipinski definition) is 0. The van der Waals surface area contributed by atoms with Gasteiger partial charge in [-0.3, -0.25) is 4.79 Å². The quantitative estimate of drug-likeness (QED) is 0.683. The van der Waals surface area contributed by atoms with Gasteiger partial charge in [0, 0.05) is 0 Å². The fourth-order valence-electron chi connectivity index (χ4n) is 0.620. The second-order valence-corrected chi connectivity index (χ2v) is 3.05. The van der Waals surface area contributed by atoms with E-state index in [9.17, 15) is 13.6 Å². The summed E-state index contributed by atoms with van der Waals surface area (Å²) in [6.07, 6.45) is -1.83. The molecule has 12 heavy (non-hydrogen) atoms. The summed E-state index contributed by atoms with van der Waals surface area (Å²) in [5.74, 6) is 0. The maximum atomic E-state index is 11.6. The summed E-state index contributed by atoms with van der Waals surface area (Å²) in [6.45, 7) is -0.626. The summed E-state index contributed by atoms with van der Waals surface area (Å²) >= 11 is 1.05. The predicted octanol–water partition coefficient (Wildman–Crippen LogP) is 2.20. The van der Waals surface area contributed by atoms with Crippen LogP contribution in [-0.2, 0) is 0 Å². The molecule has 5 heteroatoms. The van der Waals surface area contributed by atoms with Crippen molar-refractivity contribution in [2.45, 2.75) is 6.43 Å². The van der Waals surface area contributed by atoms with E-state index in [1.807, 2.05) is 0 Å². The van der Waals surface area contributed by atoms with Crippen molar-refractivity contribution < 1.29 is 18.3 Å². The van der Waals surface area contributed by atoms with Gasteiger partial charge < -0.3 is 4.74 Å². The fraction of sp³-hybridized carbons (Fsp3) is 0.286. The Kier molecular flexibility index (Phi) is 3.16. The predicted molar refractivity (Wildman–Crippen MR) is 41.2 cm³/mol. The number of carbonyl (C=O) groups excluding carboxylic acids is 1. The molecular weight excluding hydrogens is 186 g/mol. The molecule has 1 heterocycles. The molecule has 0 radical (unpaired) electrons. The van der Waals surface area contributed by atoms with Crippen molar-refractivity contribution in [2.75, 3.05) is 6.61 Å². The highest BCUT2D eigenvalue weighted by Crippen LogP contribution is 2.23. The standard InChI is InChI=1S/C7H6F2O2S/c8-6(9)4-11-7-2-1-5(3-10)12-7/h1-3,6H,4H2. The summed E-state index contributed by atoms with van der Waals surface area (Å²) in [7, 11) is 0. The number of halogens is 2. The molecule has 0 bridgehead atoms. The molecule has 0 fully saturated rings. The number of ether oxygens (including phenoxy) is 1. The summed E-state index contributed by atoms with van der Waals surface area (Å²) in [4.78, 5) is 10.6. The number of thiophene rings is 1. The smallest absolute Gasteiger partial charge is 0.272 e. The summed E-state index contributed by atoms with van der Waals surface area (Å²) in [5.41, 5.74) is 0. The van der Waals surface area contributed by atoms with Gasteiger partial charge >= 0.3 is 0 Å². The highest BCUT2D eigenvalue weighted by atomic mass is 32.1. The van der Waals surface area contributed by atoms with Crippen LogP contribution in [0.25, 0.3) is 0 Å². The maximum Gasteiger partial charge on any atom is 0.272 e. The van der Waals surface area contributed by atoms with Gasteiger partial charge in [0.2, 0.25) is 0 Å². The number of alkyl halides is 2. The van der Waals surface area contributed by atoms with E-state index in [-0.39, 0.29) is 0 Å². The van der Waals surface area contributed by atoms with Gasteiger partial charge in [0.1, 0.15) is 6.61 Å². The lowest BCUT2D eigenvalue weighted by Gasteiger charge is -1.99. The summed E-state index contributed by atoms with van der Waals surface area (Å²) in [6, 6.07) is 3.02. The largest absolute Gasteiger partial charge is 0.478 e. The molecule has 2 nitrogen and oxygen atoms in total. The average Bonchev–Trinajstić information content (AvgIpc) is 2.48. The van der Waals surface area contributed by atoms with E-state index in [0.717, 1.165) is 11.3 Å². The molecule has 1 aromatic heterocycles. The molecule has 1 aromatic rings. The molecule has 0 N–H and O–H groups in total. The third-order valence-electron chi connectivity index (χ3n) is 1.07. The van der Waals surface area contributed by atoms with E-state index >= 15 is 0 Å². The van der Waals surface area contributed by atoms with Gasteiger partial charge in [-0.1, -0.05) is 11.3 Å². The Balaban J connectivity index is 2.47. The molecule has 0 aliphatic rings. The Morgan fingerprint density at radius 2 is 2.33 bits per heavy atom. The number of hydrogen-bond acceptors (Lipinski definition) is 3. The molecule has 0 saturated carbocycles. The average molecular weight is 192 g/mol. The van der Waals surface area contributed by atoms with E-state index in [1.54, 1.807) is 0 Å². The van der Waals surface area contributed by atoms with E-state index in [2.05, 4.69) is 4.74 Å². The molecule has 0 atom stereocenters. The fourth-order valence-corrected chi connectivity index (χ4v) is 1.30. The third kappa shape index (κ3) is 2.58. The van der Waals surface area contributed by atoms with Gasteiger partial charge in [0.25, 0.3) is 6.43 Å². The van der Waals surface area contributed by atoms with Crippen LogP contribution in [0.15, 0.2) is 12.1 Å². The van der Waals surface area contributed by atoms with Crippen molar-refractivity contribution >= 4 is 17.6 Å². The van der Waals surface area contributed by atoms with Gasteiger partial charge in [-0.2, -0.15) is 0 Å². The van der Waals surface area contributed by atoms with Gasteiger partial charge in [0.15, 0.2) is 11.3 Å². The number of aldehydes is 1. The van der Waals surface area contributed by atoms with Crippen molar-refractivity contribution in [3.8, 4) is 5.06 Å². The highest BCUT2D eigenvalue weighted by molar-refractivity contribution is 7.15. The monoisotopic (exact) mass is 192 g/mol. The molecule has 0 unspecified atom stereocenters. The van der Waals surface area contributed by atoms with Gasteiger partial charge in [0.05, 0.1) is 4.88 Å². The Morgan fingerprint density at radius 1 is 1.58 bits per heavy atom.